The third-order valence-corrected chi connectivity index (χ3v) is 4.90. The summed E-state index contributed by atoms with van der Waals surface area (Å²) in [5, 5.41) is 2.36. The molecule has 2 N–H and O–H groups in total. The third-order valence-electron chi connectivity index (χ3n) is 3.48. The molecule has 1 aromatic carbocycles. The lowest BCUT2D eigenvalue weighted by atomic mass is 10.3. The van der Waals surface area contributed by atoms with Gasteiger partial charge in [-0.15, -0.1) is 0 Å². The highest BCUT2D eigenvalue weighted by molar-refractivity contribution is 7.89. The average Bonchev–Trinajstić information content (AvgIpc) is 2.99. The van der Waals surface area contributed by atoms with Crippen LogP contribution in [0.5, 0.6) is 0 Å². The van der Waals surface area contributed by atoms with Gasteiger partial charge in [-0.25, -0.2) is 22.3 Å². The van der Waals surface area contributed by atoms with Crippen molar-refractivity contribution >= 4 is 27.6 Å². The van der Waals surface area contributed by atoms with Gasteiger partial charge in [-0.2, -0.15) is 0 Å². The fraction of sp³-hybridized carbons (Fsp3) is 0.250. The molecule has 0 aliphatic heterocycles. The molecular formula is C16H18FN3O5S. The van der Waals surface area contributed by atoms with Crippen molar-refractivity contribution in [2.45, 2.75) is 11.3 Å². The summed E-state index contributed by atoms with van der Waals surface area (Å²) in [4.78, 5) is 23.2. The number of rotatable bonds is 7. The second-order valence-corrected chi connectivity index (χ2v) is 7.11. The molecule has 1 amide bonds. The summed E-state index contributed by atoms with van der Waals surface area (Å²) in [6, 6.07) is 6.83. The number of carbonyl (C=O) groups is 2. The summed E-state index contributed by atoms with van der Waals surface area (Å²) in [5.41, 5.74) is 0.0938. The zero-order chi connectivity index (χ0) is 19.3. The van der Waals surface area contributed by atoms with E-state index in [0.29, 0.717) is 0 Å². The fourth-order valence-electron chi connectivity index (χ4n) is 2.15. The molecule has 1 heterocycles. The maximum absolute atomic E-state index is 13.5. The largest absolute Gasteiger partial charge is 0.464 e. The van der Waals surface area contributed by atoms with Crippen LogP contribution in [0.25, 0.3) is 0 Å². The Morgan fingerprint density at radius 3 is 2.62 bits per heavy atom. The first-order chi connectivity index (χ1) is 12.2. The number of aromatic nitrogens is 1. The minimum absolute atomic E-state index is 0.0196. The molecule has 0 atom stereocenters. The minimum atomic E-state index is -3.91. The standard InChI is InChI=1S/C16H18FN3O5S/c1-20-10-11(9-14(20)16(22)25-2)26(23,24)18-8-7-15(21)19-13-6-4-3-5-12(13)17/h3-6,9-10,18H,7-8H2,1-2H3,(H,19,21). The van der Waals surface area contributed by atoms with E-state index in [-0.39, 0.29) is 29.2 Å². The quantitative estimate of drug-likeness (QED) is 0.700. The maximum Gasteiger partial charge on any atom is 0.354 e. The first kappa shape index (κ1) is 19.6. The van der Waals surface area contributed by atoms with Crippen molar-refractivity contribution in [3.8, 4) is 0 Å². The van der Waals surface area contributed by atoms with Gasteiger partial charge in [-0.1, -0.05) is 12.1 Å². The molecule has 0 spiro atoms. The molecule has 0 fully saturated rings. The zero-order valence-corrected chi connectivity index (χ0v) is 15.0. The molecule has 2 rings (SSSR count). The number of hydrogen-bond acceptors (Lipinski definition) is 5. The van der Waals surface area contributed by atoms with E-state index in [9.17, 15) is 22.4 Å². The number of nitrogens with one attached hydrogen (secondary N) is 2. The molecule has 0 bridgehead atoms. The summed E-state index contributed by atoms with van der Waals surface area (Å²) < 4.78 is 46.1. The van der Waals surface area contributed by atoms with Gasteiger partial charge in [0.05, 0.1) is 12.8 Å². The molecule has 0 saturated carbocycles. The first-order valence-electron chi connectivity index (χ1n) is 7.53. The molecule has 2 aromatic rings. The molecule has 0 unspecified atom stereocenters. The number of benzene rings is 1. The Labute approximate surface area is 150 Å². The van der Waals surface area contributed by atoms with E-state index in [0.717, 1.165) is 0 Å². The van der Waals surface area contributed by atoms with Crippen molar-refractivity contribution < 1.29 is 27.1 Å². The van der Waals surface area contributed by atoms with Gasteiger partial charge in [0, 0.05) is 26.2 Å². The number of halogens is 1. The SMILES string of the molecule is COC(=O)c1cc(S(=O)(=O)NCCC(=O)Nc2ccccc2F)cn1C. The van der Waals surface area contributed by atoms with Crippen LogP contribution < -0.4 is 10.0 Å². The third kappa shape index (κ3) is 4.67. The van der Waals surface area contributed by atoms with E-state index < -0.39 is 27.7 Å². The number of methoxy groups -OCH3 is 1. The number of ether oxygens (including phenoxy) is 1. The molecule has 0 saturated heterocycles. The van der Waals surface area contributed by atoms with Crippen molar-refractivity contribution in [3.63, 3.8) is 0 Å². The lowest BCUT2D eigenvalue weighted by Gasteiger charge is -2.07. The van der Waals surface area contributed by atoms with E-state index in [4.69, 9.17) is 0 Å². The number of amides is 1. The molecule has 26 heavy (non-hydrogen) atoms. The Balaban J connectivity index is 1.95. The number of esters is 1. The zero-order valence-electron chi connectivity index (χ0n) is 14.2. The van der Waals surface area contributed by atoms with Gasteiger partial charge in [-0.3, -0.25) is 4.79 Å². The summed E-state index contributed by atoms with van der Waals surface area (Å²) in [6.07, 6.45) is 1.07. The Kier molecular flexibility index (Phi) is 6.11. The monoisotopic (exact) mass is 383 g/mol. The van der Waals surface area contributed by atoms with Gasteiger partial charge in [0.15, 0.2) is 0 Å². The van der Waals surface area contributed by atoms with Crippen LogP contribution in [0.1, 0.15) is 16.9 Å². The number of para-hydroxylation sites is 1. The Morgan fingerprint density at radius 1 is 1.27 bits per heavy atom. The van der Waals surface area contributed by atoms with Crippen LogP contribution in [0, 0.1) is 5.82 Å². The van der Waals surface area contributed by atoms with Gasteiger partial charge in [-0.05, 0) is 18.2 Å². The van der Waals surface area contributed by atoms with Crippen LogP contribution in [0.15, 0.2) is 41.4 Å². The predicted octanol–water partition coefficient (Wildman–Crippen LogP) is 1.26. The number of hydrogen-bond donors (Lipinski definition) is 2. The van der Waals surface area contributed by atoms with E-state index in [1.807, 2.05) is 0 Å². The highest BCUT2D eigenvalue weighted by atomic mass is 32.2. The van der Waals surface area contributed by atoms with Gasteiger partial charge in [0.25, 0.3) is 0 Å². The predicted molar refractivity (Wildman–Crippen MR) is 91.6 cm³/mol. The smallest absolute Gasteiger partial charge is 0.354 e. The molecule has 0 aliphatic carbocycles. The van der Waals surface area contributed by atoms with E-state index >= 15 is 0 Å². The molecule has 8 nitrogen and oxygen atoms in total. The minimum Gasteiger partial charge on any atom is -0.464 e. The molecule has 1 aromatic heterocycles. The molecule has 10 heteroatoms. The average molecular weight is 383 g/mol. The van der Waals surface area contributed by atoms with Gasteiger partial charge in [0.1, 0.15) is 16.4 Å². The fourth-order valence-corrected chi connectivity index (χ4v) is 3.25. The lowest BCUT2D eigenvalue weighted by molar-refractivity contribution is -0.116. The van der Waals surface area contributed by atoms with E-state index in [1.165, 1.54) is 49.2 Å². The molecule has 140 valence electrons. The van der Waals surface area contributed by atoms with Crippen molar-refractivity contribution in [2.75, 3.05) is 19.0 Å². The summed E-state index contributed by atoms with van der Waals surface area (Å²) >= 11 is 0. The van der Waals surface area contributed by atoms with Crippen LogP contribution in [-0.2, 0) is 26.6 Å². The normalized spacial score (nSPS) is 11.2. The topological polar surface area (TPSA) is 106 Å². The van der Waals surface area contributed by atoms with E-state index in [2.05, 4.69) is 14.8 Å². The molecule has 0 aliphatic rings. The highest BCUT2D eigenvalue weighted by Gasteiger charge is 2.21. The van der Waals surface area contributed by atoms with Crippen molar-refractivity contribution in [3.05, 3.63) is 48.0 Å². The van der Waals surface area contributed by atoms with Crippen LogP contribution in [0.2, 0.25) is 0 Å². The summed E-state index contributed by atoms with van der Waals surface area (Å²) in [5.74, 6) is -1.79. The van der Waals surface area contributed by atoms with E-state index in [1.54, 1.807) is 6.07 Å². The highest BCUT2D eigenvalue weighted by Crippen LogP contribution is 2.15. The maximum atomic E-state index is 13.5. The van der Waals surface area contributed by atoms with Gasteiger partial charge in [0.2, 0.25) is 15.9 Å². The summed E-state index contributed by atoms with van der Waals surface area (Å²) in [6.45, 7) is -0.189. The number of nitrogens with zero attached hydrogens (tertiary/aromatic N) is 1. The van der Waals surface area contributed by atoms with Gasteiger partial charge >= 0.3 is 5.97 Å². The van der Waals surface area contributed by atoms with Crippen LogP contribution in [0.4, 0.5) is 10.1 Å². The Bertz CT molecular complexity index is 924. The van der Waals surface area contributed by atoms with Crippen LogP contribution in [0.3, 0.4) is 0 Å². The number of anilines is 1. The molecular weight excluding hydrogens is 365 g/mol. The lowest BCUT2D eigenvalue weighted by Crippen LogP contribution is -2.27. The Hall–Kier alpha value is -2.72. The van der Waals surface area contributed by atoms with Crippen molar-refractivity contribution in [1.82, 2.24) is 9.29 Å². The second kappa shape index (κ2) is 8.11. The number of aryl methyl sites for hydroxylation is 1. The second-order valence-electron chi connectivity index (χ2n) is 5.34. The van der Waals surface area contributed by atoms with Crippen LogP contribution >= 0.6 is 0 Å². The van der Waals surface area contributed by atoms with Crippen molar-refractivity contribution in [1.29, 1.82) is 0 Å². The number of carbonyl (C=O) groups excluding carboxylic acids is 2. The number of sulfonamides is 1. The van der Waals surface area contributed by atoms with Crippen LogP contribution in [-0.4, -0.2) is 38.5 Å². The summed E-state index contributed by atoms with van der Waals surface area (Å²) in [7, 11) is -1.22. The Morgan fingerprint density at radius 2 is 1.96 bits per heavy atom. The van der Waals surface area contributed by atoms with Gasteiger partial charge < -0.3 is 14.6 Å². The molecule has 0 radical (unpaired) electrons. The van der Waals surface area contributed by atoms with Crippen molar-refractivity contribution in [2.24, 2.45) is 7.05 Å². The first-order valence-corrected chi connectivity index (χ1v) is 9.01.